The van der Waals surface area contributed by atoms with Gasteiger partial charge in [0, 0.05) is 43.5 Å². The Morgan fingerprint density at radius 2 is 1.34 bits per heavy atom. The number of imidazole rings is 2. The molecule has 4 atom stereocenters. The number of amides is 3. The second-order valence-electron chi connectivity index (χ2n) is 18.8. The van der Waals surface area contributed by atoms with Crippen LogP contribution in [0.1, 0.15) is 141 Å². The van der Waals surface area contributed by atoms with Crippen LogP contribution in [0.3, 0.4) is 0 Å². The van der Waals surface area contributed by atoms with Crippen molar-refractivity contribution in [3.05, 3.63) is 59.6 Å². The summed E-state index contributed by atoms with van der Waals surface area (Å²) in [7, 11) is 1.30. The lowest BCUT2D eigenvalue weighted by atomic mass is 9.62. The van der Waals surface area contributed by atoms with E-state index >= 15 is 0 Å². The minimum Gasteiger partial charge on any atom is -0.453 e. The highest BCUT2D eigenvalue weighted by molar-refractivity contribution is 5.86. The number of nitrogens with one attached hydrogen (secondary N) is 3. The lowest BCUT2D eigenvalue weighted by Crippen LogP contribution is -2.54. The molecule has 1 saturated carbocycles. The quantitative estimate of drug-likeness (QED) is 0.165. The molecule has 4 N–H and O–H groups in total. The van der Waals surface area contributed by atoms with Crippen LogP contribution >= 0.6 is 0 Å². The standard InChI is InChI=1S/C45H66N8O5/c1-28(2)37(50-43(57)58-7)41(55)52-22-8-10-34(52)39-46-26-33(48-39)30-12-14-31(15-13-30)44(5)18-20-45(6,21-19-44)36-27-47-40(49-36)35-11-9-23-53(35)42(56)38(29(3)4)51-24-16-32(54)17-25-51/h12-15,26-29,32,34-35,37-38,54H,8-11,16-25H2,1-7H3,(H,46,48)(H,47,49)(H,50,57)/t34-,35-,37-,38-,44?,45?/m0/s1. The molecule has 0 unspecified atom stereocenters. The van der Waals surface area contributed by atoms with E-state index < -0.39 is 12.1 Å². The zero-order chi connectivity index (χ0) is 41.4. The van der Waals surface area contributed by atoms with Gasteiger partial charge in [-0.1, -0.05) is 65.8 Å². The molecule has 4 aliphatic rings. The van der Waals surface area contributed by atoms with Crippen molar-refractivity contribution in [3.8, 4) is 11.3 Å². The van der Waals surface area contributed by atoms with Crippen LogP contribution in [0, 0.1) is 11.8 Å². The highest BCUT2D eigenvalue weighted by atomic mass is 16.5. The number of hydrogen-bond acceptors (Lipinski definition) is 8. The van der Waals surface area contributed by atoms with Crippen molar-refractivity contribution in [1.82, 2.24) is 40.0 Å². The number of alkyl carbamates (subject to hydrolysis) is 1. The fourth-order valence-corrected chi connectivity index (χ4v) is 10.1. The first-order valence-corrected chi connectivity index (χ1v) is 21.8. The van der Waals surface area contributed by atoms with Crippen LogP contribution in [0.4, 0.5) is 4.79 Å². The van der Waals surface area contributed by atoms with Gasteiger partial charge in [-0.3, -0.25) is 14.5 Å². The lowest BCUT2D eigenvalue weighted by Gasteiger charge is -2.43. The molecule has 2 aromatic heterocycles. The molecular formula is C45H66N8O5. The number of aliphatic hydroxyl groups is 1. The molecule has 4 fully saturated rings. The maximum atomic E-state index is 14.1. The van der Waals surface area contributed by atoms with Crippen LogP contribution in [-0.4, -0.2) is 109 Å². The molecule has 316 valence electrons. The maximum absolute atomic E-state index is 14.1. The first-order valence-electron chi connectivity index (χ1n) is 21.8. The van der Waals surface area contributed by atoms with Gasteiger partial charge in [-0.15, -0.1) is 0 Å². The molecule has 3 aliphatic heterocycles. The van der Waals surface area contributed by atoms with E-state index in [1.54, 1.807) is 0 Å². The highest BCUT2D eigenvalue weighted by Crippen LogP contribution is 2.48. The molecule has 7 rings (SSSR count). The molecule has 13 nitrogen and oxygen atoms in total. The van der Waals surface area contributed by atoms with Crippen molar-refractivity contribution in [2.75, 3.05) is 33.3 Å². The zero-order valence-corrected chi connectivity index (χ0v) is 35.7. The van der Waals surface area contributed by atoms with Gasteiger partial charge in [0.2, 0.25) is 11.8 Å². The van der Waals surface area contributed by atoms with Crippen molar-refractivity contribution in [3.63, 3.8) is 0 Å². The van der Waals surface area contributed by atoms with Crippen molar-refractivity contribution >= 4 is 17.9 Å². The van der Waals surface area contributed by atoms with Crippen LogP contribution in [0.25, 0.3) is 11.3 Å². The smallest absolute Gasteiger partial charge is 0.407 e. The number of piperidine rings is 1. The Hall–Kier alpha value is -4.23. The Bertz CT molecular complexity index is 1890. The largest absolute Gasteiger partial charge is 0.453 e. The number of benzene rings is 1. The predicted octanol–water partition coefficient (Wildman–Crippen LogP) is 6.78. The Labute approximate surface area is 344 Å². The third-order valence-electron chi connectivity index (χ3n) is 14.1. The average Bonchev–Trinajstić information content (AvgIpc) is 4.05. The zero-order valence-electron chi connectivity index (χ0n) is 35.7. The van der Waals surface area contributed by atoms with Gasteiger partial charge in [-0.05, 0) is 92.6 Å². The average molecular weight is 799 g/mol. The van der Waals surface area contributed by atoms with E-state index in [4.69, 9.17) is 14.7 Å². The lowest BCUT2D eigenvalue weighted by molar-refractivity contribution is -0.141. The number of nitrogens with zero attached hydrogens (tertiary/aromatic N) is 5. The predicted molar refractivity (Wildman–Crippen MR) is 223 cm³/mol. The Morgan fingerprint density at radius 1 is 0.776 bits per heavy atom. The molecule has 3 saturated heterocycles. The summed E-state index contributed by atoms with van der Waals surface area (Å²) in [6.45, 7) is 15.7. The molecule has 3 amide bonds. The Morgan fingerprint density at radius 3 is 1.93 bits per heavy atom. The van der Waals surface area contributed by atoms with Gasteiger partial charge in [0.1, 0.15) is 17.7 Å². The monoisotopic (exact) mass is 799 g/mol. The van der Waals surface area contributed by atoms with E-state index in [1.165, 1.54) is 18.4 Å². The van der Waals surface area contributed by atoms with Crippen LogP contribution in [0.15, 0.2) is 36.7 Å². The maximum Gasteiger partial charge on any atom is 0.407 e. The van der Waals surface area contributed by atoms with Crippen molar-refractivity contribution in [2.45, 2.75) is 147 Å². The summed E-state index contributed by atoms with van der Waals surface area (Å²) in [6.07, 6.45) is 12.2. The van der Waals surface area contributed by atoms with Crippen LogP contribution in [-0.2, 0) is 25.2 Å². The van der Waals surface area contributed by atoms with Crippen molar-refractivity contribution in [2.24, 2.45) is 11.8 Å². The molecule has 5 heterocycles. The van der Waals surface area contributed by atoms with Crippen molar-refractivity contribution < 1.29 is 24.2 Å². The van der Waals surface area contributed by atoms with Crippen LogP contribution in [0.2, 0.25) is 0 Å². The van der Waals surface area contributed by atoms with Gasteiger partial charge >= 0.3 is 6.09 Å². The number of carbonyl (C=O) groups excluding carboxylic acids is 3. The molecule has 1 aromatic carbocycles. The first kappa shape index (κ1) is 41.9. The summed E-state index contributed by atoms with van der Waals surface area (Å²) >= 11 is 0. The molecular weight excluding hydrogens is 733 g/mol. The van der Waals surface area contributed by atoms with E-state index in [-0.39, 0.29) is 58.7 Å². The number of aromatic nitrogens is 4. The summed E-state index contributed by atoms with van der Waals surface area (Å²) in [5, 5.41) is 12.8. The Kier molecular flexibility index (Phi) is 12.4. The van der Waals surface area contributed by atoms with Gasteiger partial charge in [0.25, 0.3) is 0 Å². The van der Waals surface area contributed by atoms with Crippen LogP contribution < -0.4 is 5.32 Å². The van der Waals surface area contributed by atoms with Gasteiger partial charge in [0.05, 0.1) is 43.2 Å². The van der Waals surface area contributed by atoms with Gasteiger partial charge in [-0.25, -0.2) is 14.8 Å². The number of ether oxygens (including phenoxy) is 1. The normalized spacial score (nSPS) is 27.0. The van der Waals surface area contributed by atoms with Gasteiger partial charge in [0.15, 0.2) is 0 Å². The molecule has 58 heavy (non-hydrogen) atoms. The number of carbonyl (C=O) groups is 3. The number of methoxy groups -OCH3 is 1. The van der Waals surface area contributed by atoms with E-state index in [1.807, 2.05) is 31.1 Å². The molecule has 1 aliphatic carbocycles. The second kappa shape index (κ2) is 17.2. The Balaban J connectivity index is 0.979. The fourth-order valence-electron chi connectivity index (χ4n) is 10.1. The van der Waals surface area contributed by atoms with E-state index in [9.17, 15) is 19.5 Å². The SMILES string of the molecule is COC(=O)N[C@H](C(=O)N1CCC[C@H]1c1ncc(-c2ccc(C3(C)CCC(C)(c4cnc([C@@H]5CCCN5C(=O)[C@H](C(C)C)N5CCC(O)CC5)[nH]4)CC3)cc2)[nH]1)C(C)C. The molecule has 0 bridgehead atoms. The second-order valence-corrected chi connectivity index (χ2v) is 18.8. The molecule has 3 aromatic rings. The third-order valence-corrected chi connectivity index (χ3v) is 14.1. The molecule has 0 radical (unpaired) electrons. The summed E-state index contributed by atoms with van der Waals surface area (Å²) < 4.78 is 4.78. The number of hydrogen-bond donors (Lipinski definition) is 4. The summed E-state index contributed by atoms with van der Waals surface area (Å²) in [6, 6.07) is 7.80. The van der Waals surface area contributed by atoms with E-state index in [0.29, 0.717) is 6.54 Å². The summed E-state index contributed by atoms with van der Waals surface area (Å²) in [5.74, 6) is 1.85. The van der Waals surface area contributed by atoms with E-state index in [2.05, 4.69) is 77.0 Å². The fraction of sp³-hybridized carbons (Fsp3) is 0.667. The van der Waals surface area contributed by atoms with Gasteiger partial charge in [-0.2, -0.15) is 0 Å². The number of H-pyrrole nitrogens is 2. The minimum atomic E-state index is -0.670. The van der Waals surface area contributed by atoms with E-state index in [0.717, 1.165) is 107 Å². The van der Waals surface area contributed by atoms with Crippen LogP contribution in [0.5, 0.6) is 0 Å². The third kappa shape index (κ3) is 8.44. The highest BCUT2D eigenvalue weighted by Gasteiger charge is 2.43. The molecule has 0 spiro atoms. The number of rotatable bonds is 11. The molecule has 13 heteroatoms. The number of likely N-dealkylation sites (tertiary alicyclic amines) is 3. The topological polar surface area (TPSA) is 160 Å². The summed E-state index contributed by atoms with van der Waals surface area (Å²) in [4.78, 5) is 62.9. The first-order chi connectivity index (χ1) is 27.7. The van der Waals surface area contributed by atoms with Crippen molar-refractivity contribution in [1.29, 1.82) is 0 Å². The number of aliphatic hydroxyl groups excluding tert-OH is 1. The van der Waals surface area contributed by atoms with Gasteiger partial charge < -0.3 is 34.9 Å². The minimum absolute atomic E-state index is 0.0281. The number of aromatic amines is 2. The summed E-state index contributed by atoms with van der Waals surface area (Å²) in [5.41, 5.74) is 4.48.